The van der Waals surface area contributed by atoms with Gasteiger partial charge in [0.15, 0.2) is 3.95 Å². The molecule has 0 spiro atoms. The Morgan fingerprint density at radius 2 is 2.30 bits per heavy atom. The largest absolute Gasteiger partial charge is 0.340 e. The number of aryl methyl sites for hydroxylation is 1. The molecule has 10 heavy (non-hydrogen) atoms. The van der Waals surface area contributed by atoms with Gasteiger partial charge in [-0.1, -0.05) is 0 Å². The van der Waals surface area contributed by atoms with Gasteiger partial charge in [-0.3, -0.25) is 0 Å². The molecule has 0 atom stereocenters. The molecule has 1 aliphatic carbocycles. The molecule has 1 aromatic rings. The molecular formula is C7H9NS2. The summed E-state index contributed by atoms with van der Waals surface area (Å²) >= 11 is 6.73. The van der Waals surface area contributed by atoms with Crippen LogP contribution < -0.4 is 0 Å². The fraction of sp³-hybridized carbons (Fsp3) is 0.571. The molecule has 1 nitrogen and oxygen atoms in total. The van der Waals surface area contributed by atoms with E-state index in [0.717, 1.165) is 9.87 Å². The Balaban J connectivity index is 2.47. The lowest BCUT2D eigenvalue weighted by atomic mass is 10.3. The summed E-state index contributed by atoms with van der Waals surface area (Å²) in [6.07, 6.45) is 2.70. The first-order valence-electron chi connectivity index (χ1n) is 3.47. The third kappa shape index (κ3) is 1.04. The van der Waals surface area contributed by atoms with Crippen LogP contribution in [0.1, 0.15) is 29.3 Å². The average molecular weight is 171 g/mol. The standard InChI is InChI=1S/C7H9NS2/c1-4-6(5-2-3-5)8-7(9)10-4/h5H,2-3H2,1H3,(H,8,9). The molecule has 2 rings (SSSR count). The van der Waals surface area contributed by atoms with Crippen LogP contribution in [0.2, 0.25) is 0 Å². The van der Waals surface area contributed by atoms with Crippen molar-refractivity contribution >= 4 is 23.6 Å². The molecule has 0 aromatic carbocycles. The van der Waals surface area contributed by atoms with Gasteiger partial charge in [-0.25, -0.2) is 0 Å². The van der Waals surface area contributed by atoms with Gasteiger partial charge in [0.05, 0.1) is 0 Å². The quantitative estimate of drug-likeness (QED) is 0.642. The lowest BCUT2D eigenvalue weighted by molar-refractivity contribution is 1.03. The average Bonchev–Trinajstić information content (AvgIpc) is 2.61. The van der Waals surface area contributed by atoms with Crippen LogP contribution in [-0.4, -0.2) is 4.98 Å². The molecule has 1 saturated carbocycles. The SMILES string of the molecule is Cc1sc(=S)[nH]c1C1CC1. The van der Waals surface area contributed by atoms with Crippen molar-refractivity contribution in [2.45, 2.75) is 25.7 Å². The Morgan fingerprint density at radius 1 is 1.60 bits per heavy atom. The highest BCUT2D eigenvalue weighted by Crippen LogP contribution is 2.41. The van der Waals surface area contributed by atoms with Gasteiger partial charge in [-0.05, 0) is 32.0 Å². The highest BCUT2D eigenvalue weighted by molar-refractivity contribution is 7.73. The van der Waals surface area contributed by atoms with E-state index in [1.54, 1.807) is 11.3 Å². The number of thiazole rings is 1. The first kappa shape index (κ1) is 6.55. The molecule has 1 fully saturated rings. The summed E-state index contributed by atoms with van der Waals surface area (Å²) in [5.41, 5.74) is 1.40. The van der Waals surface area contributed by atoms with Gasteiger partial charge in [0.2, 0.25) is 0 Å². The predicted molar refractivity (Wildman–Crippen MR) is 46.2 cm³/mol. The lowest BCUT2D eigenvalue weighted by Gasteiger charge is -1.90. The zero-order valence-electron chi connectivity index (χ0n) is 5.81. The van der Waals surface area contributed by atoms with Crippen molar-refractivity contribution in [3.8, 4) is 0 Å². The van der Waals surface area contributed by atoms with E-state index in [1.165, 1.54) is 23.4 Å². The fourth-order valence-corrected chi connectivity index (χ4v) is 2.43. The molecule has 1 heterocycles. The maximum atomic E-state index is 5.03. The van der Waals surface area contributed by atoms with Gasteiger partial charge in [0.1, 0.15) is 0 Å². The Kier molecular flexibility index (Phi) is 1.42. The summed E-state index contributed by atoms with van der Waals surface area (Å²) < 4.78 is 0.930. The molecule has 0 amide bonds. The maximum absolute atomic E-state index is 5.03. The summed E-state index contributed by atoms with van der Waals surface area (Å²) in [5, 5.41) is 0. The number of rotatable bonds is 1. The minimum Gasteiger partial charge on any atom is -0.340 e. The Hall–Kier alpha value is -0.150. The third-order valence-corrected chi connectivity index (χ3v) is 3.01. The molecule has 0 saturated heterocycles. The van der Waals surface area contributed by atoms with Crippen molar-refractivity contribution in [3.63, 3.8) is 0 Å². The van der Waals surface area contributed by atoms with Crippen molar-refractivity contribution < 1.29 is 0 Å². The number of aromatic nitrogens is 1. The lowest BCUT2D eigenvalue weighted by Crippen LogP contribution is -1.79. The monoisotopic (exact) mass is 171 g/mol. The van der Waals surface area contributed by atoms with Crippen LogP contribution >= 0.6 is 23.6 Å². The number of hydrogen-bond acceptors (Lipinski definition) is 2. The zero-order chi connectivity index (χ0) is 7.14. The van der Waals surface area contributed by atoms with E-state index in [9.17, 15) is 0 Å². The molecule has 1 N–H and O–H groups in total. The van der Waals surface area contributed by atoms with Crippen LogP contribution in [0.3, 0.4) is 0 Å². The van der Waals surface area contributed by atoms with E-state index in [0.29, 0.717) is 0 Å². The Labute approximate surface area is 69.1 Å². The van der Waals surface area contributed by atoms with Crippen molar-refractivity contribution in [1.82, 2.24) is 4.98 Å². The molecule has 0 unspecified atom stereocenters. The first-order chi connectivity index (χ1) is 4.77. The van der Waals surface area contributed by atoms with Crippen LogP contribution in [0.25, 0.3) is 0 Å². The van der Waals surface area contributed by atoms with E-state index >= 15 is 0 Å². The fourth-order valence-electron chi connectivity index (χ4n) is 1.18. The van der Waals surface area contributed by atoms with Crippen LogP contribution in [0.5, 0.6) is 0 Å². The van der Waals surface area contributed by atoms with E-state index < -0.39 is 0 Å². The molecule has 0 radical (unpaired) electrons. The van der Waals surface area contributed by atoms with E-state index in [4.69, 9.17) is 12.2 Å². The van der Waals surface area contributed by atoms with Crippen LogP contribution in [-0.2, 0) is 0 Å². The van der Waals surface area contributed by atoms with Gasteiger partial charge in [0, 0.05) is 16.5 Å². The molecule has 1 aliphatic rings. The second kappa shape index (κ2) is 2.17. The second-order valence-electron chi connectivity index (χ2n) is 2.76. The van der Waals surface area contributed by atoms with Gasteiger partial charge in [-0.15, -0.1) is 11.3 Å². The summed E-state index contributed by atoms with van der Waals surface area (Å²) in [6.45, 7) is 2.14. The Morgan fingerprint density at radius 3 is 2.70 bits per heavy atom. The summed E-state index contributed by atoms with van der Waals surface area (Å²) in [5.74, 6) is 0.813. The van der Waals surface area contributed by atoms with Crippen molar-refractivity contribution in [2.24, 2.45) is 0 Å². The smallest absolute Gasteiger partial charge is 0.158 e. The number of nitrogens with one attached hydrogen (secondary N) is 1. The van der Waals surface area contributed by atoms with E-state index in [1.807, 2.05) is 0 Å². The molecule has 0 aliphatic heterocycles. The van der Waals surface area contributed by atoms with Crippen molar-refractivity contribution in [1.29, 1.82) is 0 Å². The summed E-state index contributed by atoms with van der Waals surface area (Å²) in [7, 11) is 0. The van der Waals surface area contributed by atoms with Gasteiger partial charge in [-0.2, -0.15) is 0 Å². The highest BCUT2D eigenvalue weighted by Gasteiger charge is 2.26. The number of H-pyrrole nitrogens is 1. The predicted octanol–water partition coefficient (Wildman–Crippen LogP) is 2.99. The van der Waals surface area contributed by atoms with Crippen molar-refractivity contribution in [2.75, 3.05) is 0 Å². The summed E-state index contributed by atoms with van der Waals surface area (Å²) in [6, 6.07) is 0. The molecule has 54 valence electrons. The highest BCUT2D eigenvalue weighted by atomic mass is 32.1. The zero-order valence-corrected chi connectivity index (χ0v) is 7.44. The third-order valence-electron chi connectivity index (χ3n) is 1.85. The van der Waals surface area contributed by atoms with Crippen LogP contribution in [0, 0.1) is 10.9 Å². The molecule has 1 aromatic heterocycles. The minimum atomic E-state index is 0.813. The van der Waals surface area contributed by atoms with Crippen molar-refractivity contribution in [3.05, 3.63) is 14.5 Å². The van der Waals surface area contributed by atoms with Gasteiger partial charge < -0.3 is 4.98 Å². The Bertz CT molecular complexity index is 293. The minimum absolute atomic E-state index is 0.813. The number of aromatic amines is 1. The van der Waals surface area contributed by atoms with E-state index in [2.05, 4.69) is 11.9 Å². The van der Waals surface area contributed by atoms with Crippen LogP contribution in [0.4, 0.5) is 0 Å². The normalized spacial score (nSPS) is 17.7. The molecule has 3 heteroatoms. The first-order valence-corrected chi connectivity index (χ1v) is 4.69. The topological polar surface area (TPSA) is 15.8 Å². The van der Waals surface area contributed by atoms with Crippen LogP contribution in [0.15, 0.2) is 0 Å². The molecular weight excluding hydrogens is 162 g/mol. The second-order valence-corrected chi connectivity index (χ2v) is 4.65. The van der Waals surface area contributed by atoms with E-state index in [-0.39, 0.29) is 0 Å². The summed E-state index contributed by atoms with van der Waals surface area (Å²) in [4.78, 5) is 4.62. The number of hydrogen-bond donors (Lipinski definition) is 1. The molecule has 0 bridgehead atoms. The maximum Gasteiger partial charge on any atom is 0.158 e. The van der Waals surface area contributed by atoms with Gasteiger partial charge >= 0.3 is 0 Å². The van der Waals surface area contributed by atoms with Gasteiger partial charge in [0.25, 0.3) is 0 Å².